The molecule has 98 valence electrons. The van der Waals surface area contributed by atoms with E-state index in [0.717, 1.165) is 16.7 Å². The Balaban J connectivity index is 2.23. The van der Waals surface area contributed by atoms with Gasteiger partial charge in [0.1, 0.15) is 5.82 Å². The quantitative estimate of drug-likeness (QED) is 0.865. The zero-order chi connectivity index (χ0) is 14.0. The van der Waals surface area contributed by atoms with Crippen molar-refractivity contribution >= 4 is 11.6 Å². The van der Waals surface area contributed by atoms with Crippen molar-refractivity contribution in [3.05, 3.63) is 64.5 Å². The molecule has 19 heavy (non-hydrogen) atoms. The first-order valence-electron chi connectivity index (χ1n) is 6.12. The summed E-state index contributed by atoms with van der Waals surface area (Å²) in [7, 11) is 0. The van der Waals surface area contributed by atoms with Crippen LogP contribution in [0.4, 0.5) is 10.1 Å². The Morgan fingerprint density at radius 2 is 1.74 bits per heavy atom. The molecular formula is C16H16FNO. The van der Waals surface area contributed by atoms with Crippen LogP contribution in [0.1, 0.15) is 27.0 Å². The summed E-state index contributed by atoms with van der Waals surface area (Å²) in [6, 6.07) is 10.2. The molecule has 0 fully saturated rings. The lowest BCUT2D eigenvalue weighted by molar-refractivity contribution is 0.102. The highest BCUT2D eigenvalue weighted by Gasteiger charge is 2.11. The molecule has 0 saturated carbocycles. The van der Waals surface area contributed by atoms with Crippen molar-refractivity contribution in [2.75, 3.05) is 5.32 Å². The van der Waals surface area contributed by atoms with Crippen LogP contribution in [-0.2, 0) is 0 Å². The van der Waals surface area contributed by atoms with Crippen LogP contribution in [0.25, 0.3) is 0 Å². The third-order valence-corrected chi connectivity index (χ3v) is 3.13. The van der Waals surface area contributed by atoms with Crippen molar-refractivity contribution in [1.29, 1.82) is 0 Å². The molecule has 1 amide bonds. The topological polar surface area (TPSA) is 29.1 Å². The Morgan fingerprint density at radius 1 is 1.00 bits per heavy atom. The lowest BCUT2D eigenvalue weighted by Crippen LogP contribution is -2.14. The summed E-state index contributed by atoms with van der Waals surface area (Å²) in [4.78, 5) is 12.0. The molecule has 0 saturated heterocycles. The summed E-state index contributed by atoms with van der Waals surface area (Å²) in [6.07, 6.45) is 0. The number of hydrogen-bond acceptors (Lipinski definition) is 1. The number of hydrogen-bond donors (Lipinski definition) is 1. The second-order valence-corrected chi connectivity index (χ2v) is 4.74. The first-order valence-corrected chi connectivity index (χ1v) is 6.12. The van der Waals surface area contributed by atoms with Crippen LogP contribution in [0.15, 0.2) is 36.4 Å². The fourth-order valence-electron chi connectivity index (χ4n) is 1.82. The van der Waals surface area contributed by atoms with E-state index in [1.54, 1.807) is 13.0 Å². The van der Waals surface area contributed by atoms with Gasteiger partial charge in [-0.25, -0.2) is 4.39 Å². The van der Waals surface area contributed by atoms with E-state index in [1.165, 1.54) is 12.1 Å². The summed E-state index contributed by atoms with van der Waals surface area (Å²) in [5.41, 5.74) is 3.76. The Hall–Kier alpha value is -2.16. The molecule has 0 heterocycles. The minimum absolute atomic E-state index is 0.0591. The zero-order valence-corrected chi connectivity index (χ0v) is 11.3. The molecule has 3 heteroatoms. The maximum Gasteiger partial charge on any atom is 0.258 e. The minimum atomic E-state index is -0.499. The Labute approximate surface area is 112 Å². The van der Waals surface area contributed by atoms with Gasteiger partial charge in [-0.2, -0.15) is 0 Å². The molecule has 2 nitrogen and oxygen atoms in total. The summed E-state index contributed by atoms with van der Waals surface area (Å²) < 4.78 is 13.7. The van der Waals surface area contributed by atoms with Crippen LogP contribution >= 0.6 is 0 Å². The molecule has 0 unspecified atom stereocenters. The Morgan fingerprint density at radius 3 is 2.37 bits per heavy atom. The van der Waals surface area contributed by atoms with Gasteiger partial charge < -0.3 is 5.32 Å². The lowest BCUT2D eigenvalue weighted by Gasteiger charge is -2.08. The summed E-state index contributed by atoms with van der Waals surface area (Å²) in [6.45, 7) is 5.76. The number of amides is 1. The number of nitrogens with one attached hydrogen (secondary N) is 1. The van der Waals surface area contributed by atoms with Crippen molar-refractivity contribution in [1.82, 2.24) is 0 Å². The Kier molecular flexibility index (Phi) is 3.65. The van der Waals surface area contributed by atoms with E-state index < -0.39 is 11.7 Å². The van der Waals surface area contributed by atoms with Gasteiger partial charge in [0.25, 0.3) is 5.91 Å². The van der Waals surface area contributed by atoms with Crippen LogP contribution in [0.3, 0.4) is 0 Å². The standard InChI is InChI=1S/C16H16FNO/c1-10-4-7-14(15(17)8-10)16(19)18-13-6-5-11(2)12(3)9-13/h4-9H,1-3H3,(H,18,19). The molecule has 0 aliphatic heterocycles. The van der Waals surface area contributed by atoms with Gasteiger partial charge in [-0.05, 0) is 61.7 Å². The third-order valence-electron chi connectivity index (χ3n) is 3.13. The SMILES string of the molecule is Cc1ccc(C(=O)Nc2ccc(C)c(C)c2)c(F)c1. The molecule has 1 N–H and O–H groups in total. The molecule has 2 aromatic rings. The van der Waals surface area contributed by atoms with E-state index in [-0.39, 0.29) is 5.56 Å². The van der Waals surface area contributed by atoms with Crippen molar-refractivity contribution in [3.8, 4) is 0 Å². The van der Waals surface area contributed by atoms with Crippen molar-refractivity contribution in [2.45, 2.75) is 20.8 Å². The Bertz CT molecular complexity index is 635. The second kappa shape index (κ2) is 5.22. The molecular weight excluding hydrogens is 241 g/mol. The van der Waals surface area contributed by atoms with Crippen molar-refractivity contribution < 1.29 is 9.18 Å². The molecule has 0 atom stereocenters. The molecule has 0 aromatic heterocycles. The molecule has 2 aromatic carbocycles. The van der Waals surface area contributed by atoms with Gasteiger partial charge in [0.05, 0.1) is 5.56 Å². The van der Waals surface area contributed by atoms with E-state index in [4.69, 9.17) is 0 Å². The third kappa shape index (κ3) is 2.99. The lowest BCUT2D eigenvalue weighted by atomic mass is 10.1. The maximum atomic E-state index is 13.7. The van der Waals surface area contributed by atoms with Crippen LogP contribution in [0.5, 0.6) is 0 Å². The number of benzene rings is 2. The van der Waals surface area contributed by atoms with E-state index in [2.05, 4.69) is 5.32 Å². The predicted molar refractivity (Wildman–Crippen MR) is 75.0 cm³/mol. The average molecular weight is 257 g/mol. The van der Waals surface area contributed by atoms with Crippen LogP contribution in [0, 0.1) is 26.6 Å². The van der Waals surface area contributed by atoms with E-state index in [0.29, 0.717) is 5.69 Å². The molecule has 0 radical (unpaired) electrons. The van der Waals surface area contributed by atoms with Crippen molar-refractivity contribution in [3.63, 3.8) is 0 Å². The first-order chi connectivity index (χ1) is 8.97. The van der Waals surface area contributed by atoms with E-state index >= 15 is 0 Å². The van der Waals surface area contributed by atoms with Crippen LogP contribution in [-0.4, -0.2) is 5.91 Å². The predicted octanol–water partition coefficient (Wildman–Crippen LogP) is 4.00. The number of aryl methyl sites for hydroxylation is 3. The fourth-order valence-corrected chi connectivity index (χ4v) is 1.82. The number of anilines is 1. The highest BCUT2D eigenvalue weighted by Crippen LogP contribution is 2.16. The molecule has 0 bridgehead atoms. The summed E-state index contributed by atoms with van der Waals surface area (Å²) >= 11 is 0. The highest BCUT2D eigenvalue weighted by molar-refractivity contribution is 6.04. The summed E-state index contributed by atoms with van der Waals surface area (Å²) in [5.74, 6) is -0.929. The molecule has 0 aliphatic carbocycles. The normalized spacial score (nSPS) is 10.3. The summed E-state index contributed by atoms with van der Waals surface area (Å²) in [5, 5.41) is 2.71. The number of carbonyl (C=O) groups excluding carboxylic acids is 1. The largest absolute Gasteiger partial charge is 0.322 e. The first kappa shape index (κ1) is 13.3. The maximum absolute atomic E-state index is 13.7. The fraction of sp³-hybridized carbons (Fsp3) is 0.188. The number of rotatable bonds is 2. The monoisotopic (exact) mass is 257 g/mol. The van der Waals surface area contributed by atoms with Crippen LogP contribution in [0.2, 0.25) is 0 Å². The van der Waals surface area contributed by atoms with Gasteiger partial charge in [-0.3, -0.25) is 4.79 Å². The smallest absolute Gasteiger partial charge is 0.258 e. The van der Waals surface area contributed by atoms with E-state index in [9.17, 15) is 9.18 Å². The average Bonchev–Trinajstić information content (AvgIpc) is 2.33. The van der Waals surface area contributed by atoms with Crippen LogP contribution < -0.4 is 5.32 Å². The molecule has 0 spiro atoms. The van der Waals surface area contributed by atoms with Gasteiger partial charge in [0.2, 0.25) is 0 Å². The van der Waals surface area contributed by atoms with Gasteiger partial charge in [-0.15, -0.1) is 0 Å². The number of carbonyl (C=O) groups is 1. The van der Waals surface area contributed by atoms with Crippen molar-refractivity contribution in [2.24, 2.45) is 0 Å². The second-order valence-electron chi connectivity index (χ2n) is 4.74. The highest BCUT2D eigenvalue weighted by atomic mass is 19.1. The molecule has 2 rings (SSSR count). The van der Waals surface area contributed by atoms with Gasteiger partial charge in [-0.1, -0.05) is 12.1 Å². The van der Waals surface area contributed by atoms with Gasteiger partial charge >= 0.3 is 0 Å². The van der Waals surface area contributed by atoms with E-state index in [1.807, 2.05) is 32.0 Å². The van der Waals surface area contributed by atoms with Gasteiger partial charge in [0.15, 0.2) is 0 Å². The zero-order valence-electron chi connectivity index (χ0n) is 11.3. The molecule has 0 aliphatic rings. The van der Waals surface area contributed by atoms with Gasteiger partial charge in [0, 0.05) is 5.69 Å². The minimum Gasteiger partial charge on any atom is -0.322 e. The number of halogens is 1.